The van der Waals surface area contributed by atoms with E-state index in [1.807, 2.05) is 14.0 Å². The number of nitrogens with one attached hydrogen (secondary N) is 1. The Morgan fingerprint density at radius 2 is 2.33 bits per heavy atom. The second-order valence-corrected chi connectivity index (χ2v) is 1.43. The molecule has 0 aliphatic rings. The molecule has 0 aromatic rings. The van der Waals surface area contributed by atoms with E-state index in [-0.39, 0.29) is 0 Å². The number of rotatable bonds is 2. The van der Waals surface area contributed by atoms with Gasteiger partial charge in [-0.05, 0) is 13.1 Å². The van der Waals surface area contributed by atoms with Gasteiger partial charge in [0.15, 0.2) is 0 Å². The summed E-state index contributed by atoms with van der Waals surface area (Å²) in [7, 11) is 7.12. The lowest BCUT2D eigenvalue weighted by atomic mass is 9.99. The van der Waals surface area contributed by atoms with Crippen molar-refractivity contribution in [3.05, 3.63) is 0 Å². The fourth-order valence-electron chi connectivity index (χ4n) is 0.118. The van der Waals surface area contributed by atoms with Crippen LogP contribution in [0, 0.1) is 0 Å². The van der Waals surface area contributed by atoms with Crippen molar-refractivity contribution in [2.45, 2.75) is 19.3 Å². The Balaban J connectivity index is 2.75. The van der Waals surface area contributed by atoms with E-state index in [0.717, 1.165) is 6.32 Å². The molecule has 1 unspecified atom stereocenters. The molecule has 34 valence electrons. The molecule has 2 radical (unpaired) electrons. The molecule has 0 saturated carbocycles. The lowest BCUT2D eigenvalue weighted by molar-refractivity contribution is 0.667. The molecule has 6 heavy (non-hydrogen) atoms. The maximum Gasteiger partial charge on any atom is 0.0673 e. The smallest absolute Gasteiger partial charge is 0.0673 e. The zero-order chi connectivity index (χ0) is 4.99. The lowest BCUT2D eigenvalue weighted by Gasteiger charge is -2.02. The molecular weight excluding hydrogens is 72.9 g/mol. The SMILES string of the molecule is [B]CC(C)NC. The second kappa shape index (κ2) is 3.22. The highest BCUT2D eigenvalue weighted by molar-refractivity contribution is 6.08. The van der Waals surface area contributed by atoms with Gasteiger partial charge in [-0.25, -0.2) is 0 Å². The molecule has 0 aromatic heterocycles. The Hall–Kier alpha value is 0.0249. The van der Waals surface area contributed by atoms with Crippen molar-refractivity contribution < 1.29 is 0 Å². The van der Waals surface area contributed by atoms with Crippen LogP contribution in [0.4, 0.5) is 0 Å². The van der Waals surface area contributed by atoms with E-state index >= 15 is 0 Å². The average Bonchev–Trinajstić information content (AvgIpc) is 1.65. The zero-order valence-electron chi connectivity index (χ0n) is 4.36. The maximum atomic E-state index is 5.22. The van der Waals surface area contributed by atoms with Gasteiger partial charge in [-0.2, -0.15) is 0 Å². The van der Waals surface area contributed by atoms with Crippen molar-refractivity contribution in [2.24, 2.45) is 0 Å². The van der Waals surface area contributed by atoms with Gasteiger partial charge in [0.1, 0.15) is 0 Å². The van der Waals surface area contributed by atoms with Gasteiger partial charge in [0, 0.05) is 0 Å². The van der Waals surface area contributed by atoms with Crippen LogP contribution >= 0.6 is 0 Å². The van der Waals surface area contributed by atoms with E-state index in [1.54, 1.807) is 0 Å². The zero-order valence-corrected chi connectivity index (χ0v) is 4.36. The highest BCUT2D eigenvalue weighted by Gasteiger charge is 1.86. The van der Waals surface area contributed by atoms with Gasteiger partial charge in [-0.3, -0.25) is 0 Å². The van der Waals surface area contributed by atoms with Crippen molar-refractivity contribution >= 4 is 7.85 Å². The maximum absolute atomic E-state index is 5.22. The van der Waals surface area contributed by atoms with Gasteiger partial charge in [-0.1, -0.05) is 13.2 Å². The van der Waals surface area contributed by atoms with Crippen molar-refractivity contribution in [3.63, 3.8) is 0 Å². The molecule has 0 fully saturated rings. The first-order valence-electron chi connectivity index (χ1n) is 2.18. The first-order valence-corrected chi connectivity index (χ1v) is 2.18. The van der Waals surface area contributed by atoms with Crippen molar-refractivity contribution in [2.75, 3.05) is 7.05 Å². The standard InChI is InChI=1S/C4H10BN/c1-4(3-5)6-2/h4,6H,3H2,1-2H3. The quantitative estimate of drug-likeness (QED) is 0.469. The number of hydrogen-bond donors (Lipinski definition) is 1. The lowest BCUT2D eigenvalue weighted by Crippen LogP contribution is -2.19. The van der Waals surface area contributed by atoms with Crippen LogP contribution in [0.25, 0.3) is 0 Å². The summed E-state index contributed by atoms with van der Waals surface area (Å²) in [6.45, 7) is 2.04. The predicted octanol–water partition coefficient (Wildman–Crippen LogP) is 0.181. The Kier molecular flexibility index (Phi) is 3.24. The topological polar surface area (TPSA) is 12.0 Å². The third kappa shape index (κ3) is 2.27. The van der Waals surface area contributed by atoms with Crippen LogP contribution in [0.3, 0.4) is 0 Å². The van der Waals surface area contributed by atoms with Gasteiger partial charge < -0.3 is 5.32 Å². The largest absolute Gasteiger partial charge is 0.318 e. The van der Waals surface area contributed by atoms with Crippen molar-refractivity contribution in [1.82, 2.24) is 5.32 Å². The molecule has 0 amide bonds. The van der Waals surface area contributed by atoms with Gasteiger partial charge in [0.2, 0.25) is 0 Å². The monoisotopic (exact) mass is 83.1 g/mol. The molecular formula is C4H10BN. The van der Waals surface area contributed by atoms with Crippen LogP contribution in [-0.2, 0) is 0 Å². The van der Waals surface area contributed by atoms with Crippen molar-refractivity contribution in [1.29, 1.82) is 0 Å². The molecule has 1 nitrogen and oxygen atoms in total. The van der Waals surface area contributed by atoms with E-state index in [0.29, 0.717) is 6.04 Å². The first kappa shape index (κ1) is 6.02. The first-order chi connectivity index (χ1) is 2.81. The highest BCUT2D eigenvalue weighted by Crippen LogP contribution is 1.80. The molecule has 0 aliphatic carbocycles. The highest BCUT2D eigenvalue weighted by atomic mass is 14.8. The molecule has 0 aliphatic heterocycles. The molecule has 0 heterocycles. The van der Waals surface area contributed by atoms with Gasteiger partial charge in [-0.15, -0.1) is 0 Å². The van der Waals surface area contributed by atoms with Gasteiger partial charge >= 0.3 is 0 Å². The summed E-state index contributed by atoms with van der Waals surface area (Å²) in [6, 6.07) is 0.463. The summed E-state index contributed by atoms with van der Waals surface area (Å²) in [5, 5.41) is 2.99. The van der Waals surface area contributed by atoms with E-state index in [4.69, 9.17) is 7.85 Å². The molecule has 2 heteroatoms. The third-order valence-corrected chi connectivity index (χ3v) is 0.846. The molecule has 0 aromatic carbocycles. The molecule has 1 N–H and O–H groups in total. The fraction of sp³-hybridized carbons (Fsp3) is 1.00. The minimum absolute atomic E-state index is 0.463. The summed E-state index contributed by atoms with van der Waals surface area (Å²) in [5.74, 6) is 0. The molecule has 0 saturated heterocycles. The Labute approximate surface area is 40.5 Å². The summed E-state index contributed by atoms with van der Waals surface area (Å²) >= 11 is 0. The van der Waals surface area contributed by atoms with Crippen LogP contribution in [0.2, 0.25) is 6.32 Å². The molecule has 0 bridgehead atoms. The Morgan fingerprint density at radius 3 is 2.33 bits per heavy atom. The van der Waals surface area contributed by atoms with Crippen LogP contribution in [0.1, 0.15) is 6.92 Å². The fourth-order valence-corrected chi connectivity index (χ4v) is 0.118. The Morgan fingerprint density at radius 1 is 1.83 bits per heavy atom. The normalized spacial score (nSPS) is 14.3. The molecule has 1 atom stereocenters. The van der Waals surface area contributed by atoms with Crippen LogP contribution in [-0.4, -0.2) is 20.9 Å². The molecule has 0 rings (SSSR count). The van der Waals surface area contributed by atoms with Crippen LogP contribution in [0.5, 0.6) is 0 Å². The van der Waals surface area contributed by atoms with E-state index < -0.39 is 0 Å². The molecule has 0 spiro atoms. The average molecular weight is 82.9 g/mol. The van der Waals surface area contributed by atoms with E-state index in [9.17, 15) is 0 Å². The summed E-state index contributed by atoms with van der Waals surface area (Å²) in [4.78, 5) is 0. The Bertz CT molecular complexity index is 26.7. The summed E-state index contributed by atoms with van der Waals surface area (Å²) in [5.41, 5.74) is 0. The van der Waals surface area contributed by atoms with Crippen molar-refractivity contribution in [3.8, 4) is 0 Å². The third-order valence-electron chi connectivity index (χ3n) is 0.846. The number of hydrogen-bond acceptors (Lipinski definition) is 1. The van der Waals surface area contributed by atoms with Crippen LogP contribution < -0.4 is 5.32 Å². The summed E-state index contributed by atoms with van der Waals surface area (Å²) < 4.78 is 0. The predicted molar refractivity (Wildman–Crippen MR) is 29.1 cm³/mol. The van der Waals surface area contributed by atoms with Gasteiger partial charge in [0.25, 0.3) is 0 Å². The second-order valence-electron chi connectivity index (χ2n) is 1.43. The van der Waals surface area contributed by atoms with E-state index in [1.165, 1.54) is 0 Å². The van der Waals surface area contributed by atoms with Gasteiger partial charge in [0.05, 0.1) is 7.85 Å². The van der Waals surface area contributed by atoms with Crippen LogP contribution in [0.15, 0.2) is 0 Å². The minimum atomic E-state index is 0.463. The summed E-state index contributed by atoms with van der Waals surface area (Å²) in [6.07, 6.45) is 0.719. The van der Waals surface area contributed by atoms with E-state index in [2.05, 4.69) is 5.32 Å². The minimum Gasteiger partial charge on any atom is -0.318 e.